The third kappa shape index (κ3) is 5.09. The van der Waals surface area contributed by atoms with E-state index in [0.717, 1.165) is 0 Å². The van der Waals surface area contributed by atoms with Crippen molar-refractivity contribution in [1.29, 1.82) is 0 Å². The van der Waals surface area contributed by atoms with Crippen molar-refractivity contribution in [3.63, 3.8) is 0 Å². The summed E-state index contributed by atoms with van der Waals surface area (Å²) < 4.78 is 16.3. The van der Waals surface area contributed by atoms with Crippen molar-refractivity contribution in [1.82, 2.24) is 24.6 Å². The highest BCUT2D eigenvalue weighted by Crippen LogP contribution is 2.12. The molecular weight excluding hydrogens is 431 g/mol. The summed E-state index contributed by atoms with van der Waals surface area (Å²) in [4.78, 5) is 39.4. The molecule has 1 amide bonds. The van der Waals surface area contributed by atoms with E-state index in [-0.39, 0.29) is 42.5 Å². The second kappa shape index (κ2) is 9.39. The van der Waals surface area contributed by atoms with Gasteiger partial charge in [-0.05, 0) is 23.3 Å². The van der Waals surface area contributed by atoms with Crippen LogP contribution in [-0.2, 0) is 24.3 Å². The number of non-ortho nitro benzene ring substituents is 1. The number of nitrogens with one attached hydrogen (secondary N) is 1. The molecule has 2 aromatic heterocycles. The van der Waals surface area contributed by atoms with Crippen LogP contribution in [0.2, 0.25) is 0 Å². The second-order valence-corrected chi connectivity index (χ2v) is 7.36. The Morgan fingerprint density at radius 3 is 2.67 bits per heavy atom. The number of halogens is 1. The summed E-state index contributed by atoms with van der Waals surface area (Å²) in [5.41, 5.74) is 1.36. The number of nitro benzene ring substituents is 1. The average Bonchev–Trinajstić information content (AvgIpc) is 3.20. The lowest BCUT2D eigenvalue weighted by atomic mass is 10.1. The summed E-state index contributed by atoms with van der Waals surface area (Å²) in [5, 5.41) is 18.0. The van der Waals surface area contributed by atoms with Gasteiger partial charge in [-0.1, -0.05) is 24.3 Å². The topological polar surface area (TPSA) is 125 Å². The molecule has 0 radical (unpaired) electrons. The van der Waals surface area contributed by atoms with E-state index in [0.29, 0.717) is 28.7 Å². The molecule has 168 valence electrons. The number of hydrogen-bond donors (Lipinski definition) is 1. The van der Waals surface area contributed by atoms with E-state index >= 15 is 0 Å². The molecule has 0 fully saturated rings. The van der Waals surface area contributed by atoms with Crippen molar-refractivity contribution in [2.75, 3.05) is 6.54 Å². The first kappa shape index (κ1) is 21.8. The highest BCUT2D eigenvalue weighted by atomic mass is 19.1. The minimum atomic E-state index is -0.497. The minimum absolute atomic E-state index is 0.0350. The maximum Gasteiger partial charge on any atom is 0.269 e. The van der Waals surface area contributed by atoms with Crippen molar-refractivity contribution < 1.29 is 14.1 Å². The molecule has 2 heterocycles. The smallest absolute Gasteiger partial charge is 0.269 e. The fourth-order valence-corrected chi connectivity index (χ4v) is 3.39. The molecule has 0 unspecified atom stereocenters. The van der Waals surface area contributed by atoms with Gasteiger partial charge in [-0.15, -0.1) is 0 Å². The summed E-state index contributed by atoms with van der Waals surface area (Å²) in [7, 11) is 0. The predicted octanol–water partition coefficient (Wildman–Crippen LogP) is 2.05. The van der Waals surface area contributed by atoms with E-state index in [4.69, 9.17) is 0 Å². The Bertz CT molecular complexity index is 1380. The Balaban J connectivity index is 1.37. The van der Waals surface area contributed by atoms with Crippen LogP contribution in [0.3, 0.4) is 0 Å². The Labute approximate surface area is 186 Å². The average molecular weight is 450 g/mol. The van der Waals surface area contributed by atoms with Crippen molar-refractivity contribution in [3.05, 3.63) is 98.5 Å². The van der Waals surface area contributed by atoms with Gasteiger partial charge in [0, 0.05) is 18.7 Å². The van der Waals surface area contributed by atoms with Crippen molar-refractivity contribution >= 4 is 22.6 Å². The first-order valence-corrected chi connectivity index (χ1v) is 10.1. The third-order valence-electron chi connectivity index (χ3n) is 5.02. The molecule has 0 bridgehead atoms. The van der Waals surface area contributed by atoms with Crippen molar-refractivity contribution in [3.8, 4) is 0 Å². The molecule has 2 aromatic carbocycles. The number of carbonyl (C=O) groups excluding carboxylic acids is 1. The van der Waals surface area contributed by atoms with Crippen LogP contribution in [0.25, 0.3) is 11.0 Å². The molecule has 0 atom stereocenters. The zero-order valence-corrected chi connectivity index (χ0v) is 17.3. The summed E-state index contributed by atoms with van der Waals surface area (Å²) in [6, 6.07) is 11.8. The minimum Gasteiger partial charge on any atom is -0.354 e. The number of aromatic nitrogens is 4. The van der Waals surface area contributed by atoms with E-state index < -0.39 is 4.92 Å². The van der Waals surface area contributed by atoms with E-state index in [2.05, 4.69) is 15.4 Å². The molecule has 4 rings (SSSR count). The largest absolute Gasteiger partial charge is 0.354 e. The number of benzene rings is 2. The lowest BCUT2D eigenvalue weighted by Gasteiger charge is -2.08. The van der Waals surface area contributed by atoms with Crippen LogP contribution >= 0.6 is 0 Å². The van der Waals surface area contributed by atoms with Gasteiger partial charge in [0.2, 0.25) is 5.91 Å². The number of fused-ring (bicyclic) bond motifs is 1. The quantitative estimate of drug-likeness (QED) is 0.324. The molecule has 1 N–H and O–H groups in total. The molecule has 0 saturated heterocycles. The van der Waals surface area contributed by atoms with Gasteiger partial charge in [-0.25, -0.2) is 14.1 Å². The molecule has 0 aliphatic heterocycles. The molecule has 0 saturated carbocycles. The van der Waals surface area contributed by atoms with E-state index in [9.17, 15) is 24.1 Å². The van der Waals surface area contributed by atoms with Crippen LogP contribution in [0.4, 0.5) is 10.1 Å². The van der Waals surface area contributed by atoms with E-state index in [1.807, 2.05) is 0 Å². The molecule has 0 aliphatic carbocycles. The Morgan fingerprint density at radius 1 is 1.15 bits per heavy atom. The highest BCUT2D eigenvalue weighted by molar-refractivity contribution is 5.78. The fraction of sp³-hybridized carbons (Fsp3) is 0.182. The van der Waals surface area contributed by atoms with Gasteiger partial charge < -0.3 is 5.32 Å². The lowest BCUT2D eigenvalue weighted by molar-refractivity contribution is -0.384. The summed E-state index contributed by atoms with van der Waals surface area (Å²) in [6.07, 6.45) is 2.90. The van der Waals surface area contributed by atoms with E-state index in [1.165, 1.54) is 58.2 Å². The molecule has 0 spiro atoms. The highest BCUT2D eigenvalue weighted by Gasteiger charge is 2.12. The molecule has 10 nitrogen and oxygen atoms in total. The van der Waals surface area contributed by atoms with Gasteiger partial charge in [0.15, 0.2) is 5.65 Å². The SMILES string of the molecule is O=C(Cc1ccc([N+](=O)[O-])cc1)NCCn1ncc2c(=O)n(Cc3cccc(F)c3)cnc21. The van der Waals surface area contributed by atoms with Crippen LogP contribution in [-0.4, -0.2) is 36.7 Å². The Hall–Kier alpha value is -4.41. The van der Waals surface area contributed by atoms with Crippen molar-refractivity contribution in [2.24, 2.45) is 0 Å². The maximum absolute atomic E-state index is 13.4. The summed E-state index contributed by atoms with van der Waals surface area (Å²) in [5.74, 6) is -0.622. The van der Waals surface area contributed by atoms with Gasteiger partial charge in [0.1, 0.15) is 17.5 Å². The first-order chi connectivity index (χ1) is 15.9. The Morgan fingerprint density at radius 2 is 1.94 bits per heavy atom. The number of nitrogens with zero attached hydrogens (tertiary/aromatic N) is 5. The van der Waals surface area contributed by atoms with Crippen LogP contribution in [0.1, 0.15) is 11.1 Å². The zero-order valence-electron chi connectivity index (χ0n) is 17.3. The van der Waals surface area contributed by atoms with Gasteiger partial charge >= 0.3 is 0 Å². The molecule has 0 aliphatic rings. The van der Waals surface area contributed by atoms with Gasteiger partial charge in [0.05, 0.1) is 30.6 Å². The number of amides is 1. The molecule has 4 aromatic rings. The molecular formula is C22H19FN6O4. The summed E-state index contributed by atoms with van der Waals surface area (Å²) in [6.45, 7) is 0.746. The summed E-state index contributed by atoms with van der Waals surface area (Å²) >= 11 is 0. The van der Waals surface area contributed by atoms with Crippen LogP contribution < -0.4 is 10.9 Å². The standard InChI is InChI=1S/C22H19FN6O4/c23-17-3-1-2-16(10-17)13-27-14-25-21-19(22(27)31)12-26-28(21)9-8-24-20(30)11-15-4-6-18(7-5-15)29(32)33/h1-7,10,12,14H,8-9,11,13H2,(H,24,30). The van der Waals surface area contributed by atoms with Gasteiger partial charge in [-0.2, -0.15) is 5.10 Å². The maximum atomic E-state index is 13.4. The zero-order chi connectivity index (χ0) is 23.4. The number of hydrogen-bond acceptors (Lipinski definition) is 6. The molecule has 33 heavy (non-hydrogen) atoms. The molecule has 11 heteroatoms. The van der Waals surface area contributed by atoms with Crippen molar-refractivity contribution in [2.45, 2.75) is 19.5 Å². The van der Waals surface area contributed by atoms with Gasteiger partial charge in [0.25, 0.3) is 11.2 Å². The first-order valence-electron chi connectivity index (χ1n) is 10.1. The third-order valence-corrected chi connectivity index (χ3v) is 5.02. The number of rotatable bonds is 8. The predicted molar refractivity (Wildman–Crippen MR) is 117 cm³/mol. The number of carbonyl (C=O) groups is 1. The number of nitro groups is 1. The van der Waals surface area contributed by atoms with Crippen LogP contribution in [0.15, 0.2) is 65.8 Å². The Kier molecular flexibility index (Phi) is 6.20. The van der Waals surface area contributed by atoms with E-state index in [1.54, 1.807) is 12.1 Å². The monoisotopic (exact) mass is 450 g/mol. The van der Waals surface area contributed by atoms with Crippen LogP contribution in [0, 0.1) is 15.9 Å². The van der Waals surface area contributed by atoms with Gasteiger partial charge in [-0.3, -0.25) is 24.3 Å². The fourth-order valence-electron chi connectivity index (χ4n) is 3.39. The lowest BCUT2D eigenvalue weighted by Crippen LogP contribution is -2.29. The second-order valence-electron chi connectivity index (χ2n) is 7.36. The normalized spacial score (nSPS) is 10.9. The van der Waals surface area contributed by atoms with Crippen LogP contribution in [0.5, 0.6) is 0 Å².